The molecule has 1 saturated heterocycles. The fourth-order valence-electron chi connectivity index (χ4n) is 3.36. The highest BCUT2D eigenvalue weighted by molar-refractivity contribution is 7.80. The molecule has 2 aromatic rings. The van der Waals surface area contributed by atoms with Crippen LogP contribution in [0.1, 0.15) is 25.8 Å². The van der Waals surface area contributed by atoms with E-state index in [9.17, 15) is 9.59 Å². The molecule has 0 aliphatic carbocycles. The Morgan fingerprint density at radius 2 is 1.97 bits per heavy atom. The van der Waals surface area contributed by atoms with Crippen LogP contribution in [0, 0.1) is 5.92 Å². The highest BCUT2D eigenvalue weighted by Crippen LogP contribution is 2.24. The van der Waals surface area contributed by atoms with E-state index in [1.807, 2.05) is 13.8 Å². The predicted octanol–water partition coefficient (Wildman–Crippen LogP) is 2.70. The smallest absolute Gasteiger partial charge is 0.265 e. The van der Waals surface area contributed by atoms with Gasteiger partial charge in [-0.25, -0.2) is 0 Å². The molecular weight excluding hydrogens is 428 g/mol. The summed E-state index contributed by atoms with van der Waals surface area (Å²) in [7, 11) is 0. The number of carbonyl (C=O) groups is 2. The van der Waals surface area contributed by atoms with Crippen LogP contribution in [0.15, 0.2) is 42.5 Å². The van der Waals surface area contributed by atoms with E-state index in [-0.39, 0.29) is 29.3 Å². The number of carbonyl (C=O) groups excluding carboxylic acids is 2. The molecule has 32 heavy (non-hydrogen) atoms. The Bertz CT molecular complexity index is 994. The minimum absolute atomic E-state index is 0.0778. The zero-order valence-electron chi connectivity index (χ0n) is 18.2. The van der Waals surface area contributed by atoms with Gasteiger partial charge in [0.05, 0.1) is 6.61 Å². The first-order valence-corrected chi connectivity index (χ1v) is 10.8. The molecule has 0 saturated carbocycles. The summed E-state index contributed by atoms with van der Waals surface area (Å²) in [4.78, 5) is 26.8. The summed E-state index contributed by atoms with van der Waals surface area (Å²) in [5.41, 5.74) is 14.0. The molecule has 8 nitrogen and oxygen atoms in total. The van der Waals surface area contributed by atoms with E-state index in [0.29, 0.717) is 42.3 Å². The van der Waals surface area contributed by atoms with Crippen molar-refractivity contribution < 1.29 is 19.1 Å². The van der Waals surface area contributed by atoms with Crippen molar-refractivity contribution >= 4 is 46.1 Å². The molecule has 1 aliphatic rings. The van der Waals surface area contributed by atoms with Crippen molar-refractivity contribution in [1.82, 2.24) is 0 Å². The molecule has 5 N–H and O–H groups in total. The molecule has 9 heteroatoms. The number of amides is 2. The maximum Gasteiger partial charge on any atom is 0.265 e. The summed E-state index contributed by atoms with van der Waals surface area (Å²) in [6, 6.07) is 12.1. The van der Waals surface area contributed by atoms with E-state index in [1.165, 1.54) is 0 Å². The SMILES string of the molecule is CC(C)CC(Oc1ccc(N)c(C(N)=S)c1)C(=O)Nc1ccc(N2CCOCC2=O)cc1. The number of nitrogens with two attached hydrogens (primary N) is 2. The second kappa shape index (κ2) is 10.4. The van der Waals surface area contributed by atoms with Crippen LogP contribution >= 0.6 is 12.2 Å². The van der Waals surface area contributed by atoms with Crippen LogP contribution in [0.3, 0.4) is 0 Å². The maximum absolute atomic E-state index is 13.0. The molecule has 0 aromatic heterocycles. The van der Waals surface area contributed by atoms with Gasteiger partial charge < -0.3 is 31.2 Å². The number of hydrogen-bond donors (Lipinski definition) is 3. The molecule has 3 rings (SSSR count). The summed E-state index contributed by atoms with van der Waals surface area (Å²) in [5, 5.41) is 2.89. The predicted molar refractivity (Wildman–Crippen MR) is 129 cm³/mol. The van der Waals surface area contributed by atoms with Crippen molar-refractivity contribution in [3.8, 4) is 5.75 Å². The standard InChI is InChI=1S/C23H28N4O4S/c1-14(2)11-20(31-17-7-8-19(24)18(12-17)22(25)32)23(29)26-15-3-5-16(6-4-15)27-9-10-30-13-21(27)28/h3-8,12,14,20H,9-11,13,24H2,1-2H3,(H2,25,32)(H,26,29). The summed E-state index contributed by atoms with van der Waals surface area (Å²) in [5.74, 6) is 0.328. The van der Waals surface area contributed by atoms with Crippen LogP contribution in [-0.4, -0.2) is 42.7 Å². The van der Waals surface area contributed by atoms with Crippen LogP contribution in [0.2, 0.25) is 0 Å². The van der Waals surface area contributed by atoms with Crippen molar-refractivity contribution in [1.29, 1.82) is 0 Å². The molecule has 2 aromatic carbocycles. The second-order valence-corrected chi connectivity index (χ2v) is 8.42. The number of nitrogen functional groups attached to an aromatic ring is 1. The average molecular weight is 457 g/mol. The monoisotopic (exact) mass is 456 g/mol. The highest BCUT2D eigenvalue weighted by Gasteiger charge is 2.23. The summed E-state index contributed by atoms with van der Waals surface area (Å²) < 4.78 is 11.1. The van der Waals surface area contributed by atoms with Crippen molar-refractivity contribution in [2.24, 2.45) is 11.7 Å². The zero-order valence-corrected chi connectivity index (χ0v) is 19.0. The number of rotatable bonds is 8. The van der Waals surface area contributed by atoms with Gasteiger partial charge in [-0.3, -0.25) is 9.59 Å². The third kappa shape index (κ3) is 5.95. The van der Waals surface area contributed by atoms with Gasteiger partial charge in [0.25, 0.3) is 11.8 Å². The quantitative estimate of drug-likeness (QED) is 0.413. The Hall–Kier alpha value is -3.17. The van der Waals surface area contributed by atoms with Gasteiger partial charge >= 0.3 is 0 Å². The Labute approximate surface area is 192 Å². The van der Waals surface area contributed by atoms with Crippen LogP contribution in [0.5, 0.6) is 5.75 Å². The highest BCUT2D eigenvalue weighted by atomic mass is 32.1. The number of benzene rings is 2. The normalized spacial score (nSPS) is 14.8. The third-order valence-corrected chi connectivity index (χ3v) is 5.20. The van der Waals surface area contributed by atoms with Gasteiger partial charge in [0, 0.05) is 29.2 Å². The largest absolute Gasteiger partial charge is 0.481 e. The molecule has 1 fully saturated rings. The first-order chi connectivity index (χ1) is 15.2. The molecule has 170 valence electrons. The molecule has 0 radical (unpaired) electrons. The topological polar surface area (TPSA) is 120 Å². The van der Waals surface area contributed by atoms with Gasteiger partial charge in [0.15, 0.2) is 6.10 Å². The first-order valence-electron chi connectivity index (χ1n) is 10.4. The average Bonchev–Trinajstić information content (AvgIpc) is 2.75. The van der Waals surface area contributed by atoms with E-state index in [4.69, 9.17) is 33.2 Å². The van der Waals surface area contributed by atoms with Crippen molar-refractivity contribution in [3.05, 3.63) is 48.0 Å². The van der Waals surface area contributed by atoms with Crippen LogP contribution in [0.4, 0.5) is 17.1 Å². The molecule has 1 unspecified atom stereocenters. The minimum Gasteiger partial charge on any atom is -0.481 e. The Kier molecular flexibility index (Phi) is 7.66. The number of nitrogens with one attached hydrogen (secondary N) is 1. The van der Waals surface area contributed by atoms with Crippen LogP contribution in [-0.2, 0) is 14.3 Å². The number of morpholine rings is 1. The van der Waals surface area contributed by atoms with Gasteiger partial charge in [-0.1, -0.05) is 26.1 Å². The summed E-state index contributed by atoms with van der Waals surface area (Å²) >= 11 is 5.03. The lowest BCUT2D eigenvalue weighted by molar-refractivity contribution is -0.125. The van der Waals surface area contributed by atoms with Crippen molar-refractivity contribution in [2.45, 2.75) is 26.4 Å². The fourth-order valence-corrected chi connectivity index (χ4v) is 3.54. The first kappa shape index (κ1) is 23.5. The van der Waals surface area contributed by atoms with Crippen LogP contribution < -0.4 is 26.4 Å². The van der Waals surface area contributed by atoms with Crippen molar-refractivity contribution in [2.75, 3.05) is 35.7 Å². The van der Waals surface area contributed by atoms with Gasteiger partial charge in [0.2, 0.25) is 0 Å². The lowest BCUT2D eigenvalue weighted by atomic mass is 10.0. The molecule has 1 atom stereocenters. The van der Waals surface area contributed by atoms with Crippen molar-refractivity contribution in [3.63, 3.8) is 0 Å². The van der Waals surface area contributed by atoms with E-state index < -0.39 is 6.10 Å². The van der Waals surface area contributed by atoms with Gasteiger partial charge in [-0.2, -0.15) is 0 Å². The number of anilines is 3. The number of hydrogen-bond acceptors (Lipinski definition) is 6. The maximum atomic E-state index is 13.0. The molecule has 2 amide bonds. The third-order valence-electron chi connectivity index (χ3n) is 4.98. The fraction of sp³-hybridized carbons (Fsp3) is 0.348. The Balaban J connectivity index is 1.71. The second-order valence-electron chi connectivity index (χ2n) is 7.98. The number of thiocarbonyl (C=S) groups is 1. The van der Waals surface area contributed by atoms with Gasteiger partial charge in [0.1, 0.15) is 17.3 Å². The van der Waals surface area contributed by atoms with E-state index in [0.717, 1.165) is 5.69 Å². The molecule has 1 aliphatic heterocycles. The molecule has 0 bridgehead atoms. The van der Waals surface area contributed by atoms with E-state index in [2.05, 4.69) is 5.32 Å². The molecular formula is C23H28N4O4S. The number of ether oxygens (including phenoxy) is 2. The zero-order chi connectivity index (χ0) is 23.3. The molecule has 0 spiro atoms. The number of nitrogens with zero attached hydrogens (tertiary/aromatic N) is 1. The van der Waals surface area contributed by atoms with E-state index in [1.54, 1.807) is 47.4 Å². The Morgan fingerprint density at radius 3 is 2.59 bits per heavy atom. The Morgan fingerprint density at radius 1 is 1.25 bits per heavy atom. The molecule has 1 heterocycles. The van der Waals surface area contributed by atoms with E-state index >= 15 is 0 Å². The van der Waals surface area contributed by atoms with Crippen LogP contribution in [0.25, 0.3) is 0 Å². The van der Waals surface area contributed by atoms with Gasteiger partial charge in [-0.15, -0.1) is 0 Å². The summed E-state index contributed by atoms with van der Waals surface area (Å²) in [6.45, 7) is 5.11. The summed E-state index contributed by atoms with van der Waals surface area (Å²) in [6.07, 6.45) is -0.211. The van der Waals surface area contributed by atoms with Gasteiger partial charge in [-0.05, 0) is 54.8 Å². The lowest BCUT2D eigenvalue weighted by Gasteiger charge is -2.27. The lowest BCUT2D eigenvalue weighted by Crippen LogP contribution is -2.41. The minimum atomic E-state index is -0.724.